The van der Waals surface area contributed by atoms with Gasteiger partial charge in [-0.05, 0) is 43.5 Å². The van der Waals surface area contributed by atoms with E-state index in [1.165, 1.54) is 17.6 Å². The maximum atomic E-state index is 11.9. The predicted molar refractivity (Wildman–Crippen MR) is 86.5 cm³/mol. The minimum atomic E-state index is -0.0780. The molecule has 1 fully saturated rings. The third-order valence-corrected chi connectivity index (χ3v) is 4.04. The number of hydrogen-bond acceptors (Lipinski definition) is 5. The minimum absolute atomic E-state index is 0.0780. The van der Waals surface area contributed by atoms with Gasteiger partial charge in [0.2, 0.25) is 11.7 Å². The summed E-state index contributed by atoms with van der Waals surface area (Å²) in [6.45, 7) is 2.97. The van der Waals surface area contributed by atoms with E-state index < -0.39 is 0 Å². The normalized spacial score (nSPS) is 17.8. The Kier molecular flexibility index (Phi) is 5.31. The SMILES string of the molecule is O=C(Cn1nnc(-c2ccccc2)n1)NCCC1CCCNC1. The number of rotatable bonds is 6. The number of hydrogen-bond donors (Lipinski definition) is 2. The van der Waals surface area contributed by atoms with Crippen LogP contribution in [-0.2, 0) is 11.3 Å². The summed E-state index contributed by atoms with van der Waals surface area (Å²) in [6.07, 6.45) is 3.48. The van der Waals surface area contributed by atoms with Gasteiger partial charge in [-0.25, -0.2) is 0 Å². The van der Waals surface area contributed by atoms with Crippen LogP contribution in [0.25, 0.3) is 11.4 Å². The minimum Gasteiger partial charge on any atom is -0.354 e. The Bertz CT molecular complexity index is 621. The van der Waals surface area contributed by atoms with Gasteiger partial charge in [0.25, 0.3) is 0 Å². The van der Waals surface area contributed by atoms with Crippen molar-refractivity contribution in [3.05, 3.63) is 30.3 Å². The first-order chi connectivity index (χ1) is 11.3. The molecule has 1 unspecified atom stereocenters. The molecule has 1 aliphatic heterocycles. The van der Waals surface area contributed by atoms with E-state index in [0.29, 0.717) is 18.3 Å². The number of carbonyl (C=O) groups is 1. The van der Waals surface area contributed by atoms with Crippen molar-refractivity contribution in [2.75, 3.05) is 19.6 Å². The maximum Gasteiger partial charge on any atom is 0.243 e. The van der Waals surface area contributed by atoms with Gasteiger partial charge in [0, 0.05) is 12.1 Å². The highest BCUT2D eigenvalue weighted by molar-refractivity contribution is 5.75. The Morgan fingerprint density at radius 3 is 3.00 bits per heavy atom. The number of nitrogens with zero attached hydrogens (tertiary/aromatic N) is 4. The van der Waals surface area contributed by atoms with Crippen LogP contribution in [0.5, 0.6) is 0 Å². The largest absolute Gasteiger partial charge is 0.354 e. The molecule has 122 valence electrons. The van der Waals surface area contributed by atoms with Gasteiger partial charge in [-0.3, -0.25) is 4.79 Å². The number of carbonyl (C=O) groups excluding carboxylic acids is 1. The van der Waals surface area contributed by atoms with Crippen molar-refractivity contribution in [3.63, 3.8) is 0 Å². The second-order valence-corrected chi connectivity index (χ2v) is 5.86. The Labute approximate surface area is 135 Å². The summed E-state index contributed by atoms with van der Waals surface area (Å²) in [5, 5.41) is 18.5. The first-order valence-corrected chi connectivity index (χ1v) is 8.12. The van der Waals surface area contributed by atoms with Crippen molar-refractivity contribution in [1.29, 1.82) is 0 Å². The van der Waals surface area contributed by atoms with Gasteiger partial charge < -0.3 is 10.6 Å². The van der Waals surface area contributed by atoms with Crippen LogP contribution >= 0.6 is 0 Å². The van der Waals surface area contributed by atoms with E-state index in [2.05, 4.69) is 26.0 Å². The molecule has 3 rings (SSSR count). The average molecular weight is 314 g/mol. The predicted octanol–water partition coefficient (Wildman–Crippen LogP) is 0.846. The Morgan fingerprint density at radius 2 is 2.22 bits per heavy atom. The molecule has 1 aliphatic rings. The van der Waals surface area contributed by atoms with Crippen LogP contribution in [0.4, 0.5) is 0 Å². The van der Waals surface area contributed by atoms with E-state index in [4.69, 9.17) is 0 Å². The van der Waals surface area contributed by atoms with E-state index in [1.54, 1.807) is 0 Å². The lowest BCUT2D eigenvalue weighted by Crippen LogP contribution is -2.34. The molecule has 1 aromatic heterocycles. The number of benzene rings is 1. The van der Waals surface area contributed by atoms with Crippen LogP contribution < -0.4 is 10.6 Å². The highest BCUT2D eigenvalue weighted by Gasteiger charge is 2.13. The van der Waals surface area contributed by atoms with Gasteiger partial charge >= 0.3 is 0 Å². The Morgan fingerprint density at radius 1 is 1.35 bits per heavy atom. The Balaban J connectivity index is 1.44. The highest BCUT2D eigenvalue weighted by Crippen LogP contribution is 2.13. The lowest BCUT2D eigenvalue weighted by atomic mass is 9.96. The molecule has 2 N–H and O–H groups in total. The molecule has 1 atom stereocenters. The molecule has 2 aromatic rings. The molecular weight excluding hydrogens is 292 g/mol. The van der Waals surface area contributed by atoms with Gasteiger partial charge in [-0.15, -0.1) is 10.2 Å². The lowest BCUT2D eigenvalue weighted by Gasteiger charge is -2.22. The van der Waals surface area contributed by atoms with Crippen LogP contribution in [0, 0.1) is 5.92 Å². The maximum absolute atomic E-state index is 11.9. The number of tetrazole rings is 1. The van der Waals surface area contributed by atoms with Crippen molar-refractivity contribution >= 4 is 5.91 Å². The summed E-state index contributed by atoms with van der Waals surface area (Å²) in [5.41, 5.74) is 0.893. The molecular formula is C16H22N6O. The fraction of sp³-hybridized carbons (Fsp3) is 0.500. The zero-order valence-electron chi connectivity index (χ0n) is 13.1. The second kappa shape index (κ2) is 7.82. The summed E-state index contributed by atoms with van der Waals surface area (Å²) < 4.78 is 0. The standard InChI is InChI=1S/C16H22N6O/c23-15(18-10-8-13-5-4-9-17-11-13)12-22-20-16(19-21-22)14-6-2-1-3-7-14/h1-3,6-7,13,17H,4-5,8-12H2,(H,18,23). The number of nitrogens with one attached hydrogen (secondary N) is 2. The fourth-order valence-electron chi connectivity index (χ4n) is 2.78. The van der Waals surface area contributed by atoms with Crippen LogP contribution in [0.3, 0.4) is 0 Å². The number of piperidine rings is 1. The molecule has 1 saturated heterocycles. The van der Waals surface area contributed by atoms with Gasteiger partial charge in [0.1, 0.15) is 6.54 Å². The van der Waals surface area contributed by atoms with Crippen molar-refractivity contribution in [3.8, 4) is 11.4 Å². The van der Waals surface area contributed by atoms with Crippen LogP contribution in [0.1, 0.15) is 19.3 Å². The van der Waals surface area contributed by atoms with Crippen molar-refractivity contribution in [1.82, 2.24) is 30.8 Å². The average Bonchev–Trinajstić information content (AvgIpc) is 3.05. The molecule has 0 saturated carbocycles. The third-order valence-electron chi connectivity index (χ3n) is 4.04. The monoisotopic (exact) mass is 314 g/mol. The van der Waals surface area contributed by atoms with Gasteiger partial charge in [-0.2, -0.15) is 4.80 Å². The van der Waals surface area contributed by atoms with E-state index in [1.807, 2.05) is 30.3 Å². The van der Waals surface area contributed by atoms with E-state index in [9.17, 15) is 4.79 Å². The van der Waals surface area contributed by atoms with Crippen LogP contribution in [0.2, 0.25) is 0 Å². The smallest absolute Gasteiger partial charge is 0.243 e. The summed E-state index contributed by atoms with van der Waals surface area (Å²) in [6, 6.07) is 9.61. The fourth-order valence-corrected chi connectivity index (χ4v) is 2.78. The molecule has 7 heteroatoms. The lowest BCUT2D eigenvalue weighted by molar-refractivity contribution is -0.122. The summed E-state index contributed by atoms with van der Waals surface area (Å²) in [5.74, 6) is 1.12. The van der Waals surface area contributed by atoms with Crippen LogP contribution in [-0.4, -0.2) is 45.7 Å². The number of aromatic nitrogens is 4. The Hall–Kier alpha value is -2.28. The molecule has 7 nitrogen and oxygen atoms in total. The van der Waals surface area contributed by atoms with Crippen molar-refractivity contribution in [2.24, 2.45) is 5.92 Å². The zero-order chi connectivity index (χ0) is 15.9. The summed E-state index contributed by atoms with van der Waals surface area (Å²) >= 11 is 0. The molecule has 0 radical (unpaired) electrons. The first kappa shape index (κ1) is 15.6. The number of amides is 1. The highest BCUT2D eigenvalue weighted by atomic mass is 16.2. The topological polar surface area (TPSA) is 84.7 Å². The molecule has 0 spiro atoms. The van der Waals surface area contributed by atoms with Crippen LogP contribution in [0.15, 0.2) is 30.3 Å². The summed E-state index contributed by atoms with van der Waals surface area (Å²) in [7, 11) is 0. The quantitative estimate of drug-likeness (QED) is 0.825. The van der Waals surface area contributed by atoms with Crippen molar-refractivity contribution < 1.29 is 4.79 Å². The zero-order valence-corrected chi connectivity index (χ0v) is 13.1. The van der Waals surface area contributed by atoms with E-state index in [-0.39, 0.29) is 12.5 Å². The molecule has 0 bridgehead atoms. The second-order valence-electron chi connectivity index (χ2n) is 5.86. The van der Waals surface area contributed by atoms with E-state index in [0.717, 1.165) is 25.1 Å². The third kappa shape index (κ3) is 4.59. The van der Waals surface area contributed by atoms with Gasteiger partial charge in [0.05, 0.1) is 0 Å². The molecule has 23 heavy (non-hydrogen) atoms. The first-order valence-electron chi connectivity index (χ1n) is 8.12. The summed E-state index contributed by atoms with van der Waals surface area (Å²) in [4.78, 5) is 13.3. The molecule has 0 aliphatic carbocycles. The van der Waals surface area contributed by atoms with E-state index >= 15 is 0 Å². The molecule has 1 amide bonds. The molecule has 1 aromatic carbocycles. The molecule has 2 heterocycles. The van der Waals surface area contributed by atoms with Gasteiger partial charge in [-0.1, -0.05) is 30.3 Å². The van der Waals surface area contributed by atoms with Crippen molar-refractivity contribution in [2.45, 2.75) is 25.8 Å². The van der Waals surface area contributed by atoms with Gasteiger partial charge in [0.15, 0.2) is 0 Å².